The van der Waals surface area contributed by atoms with E-state index >= 15 is 0 Å². The number of aromatic hydroxyl groups is 1. The Balaban J connectivity index is 0.000000720. The zero-order valence-electron chi connectivity index (χ0n) is 5.99. The average Bonchev–Trinajstić information content (AvgIpc) is 2.04. The summed E-state index contributed by atoms with van der Waals surface area (Å²) in [6.45, 7) is 0. The zero-order valence-corrected chi connectivity index (χ0v) is 5.99. The second-order valence-electron chi connectivity index (χ2n) is 2.53. The monoisotopic (exact) mass is 184 g/mol. The molecule has 0 atom stereocenters. The maximum atomic E-state index is 9.13. The summed E-state index contributed by atoms with van der Waals surface area (Å²) in [5, 5.41) is 11.4. The van der Waals surface area contributed by atoms with Gasteiger partial charge >= 0.3 is 51.4 Å². The van der Waals surface area contributed by atoms with Gasteiger partial charge in [-0.15, -0.1) is 0 Å². The van der Waals surface area contributed by atoms with Gasteiger partial charge in [-0.2, -0.15) is 0 Å². The molecule has 2 aromatic carbocycles. The fourth-order valence-corrected chi connectivity index (χ4v) is 1.18. The Morgan fingerprint density at radius 2 is 1.50 bits per heavy atom. The third-order valence-corrected chi connectivity index (χ3v) is 1.73. The van der Waals surface area contributed by atoms with E-state index in [-0.39, 0.29) is 51.4 Å². The van der Waals surface area contributed by atoms with Crippen molar-refractivity contribution in [2.75, 3.05) is 0 Å². The molecule has 56 valence electrons. The number of fused-ring (bicyclic) bond motifs is 1. The molecule has 0 aliphatic carbocycles. The summed E-state index contributed by atoms with van der Waals surface area (Å²) < 4.78 is 0. The molecule has 0 aliphatic rings. The van der Waals surface area contributed by atoms with Gasteiger partial charge in [-0.25, -0.2) is 0 Å². The number of phenolic OH excluding ortho intramolecular Hbond substituents is 1. The molecule has 1 N–H and O–H groups in total. The van der Waals surface area contributed by atoms with Crippen molar-refractivity contribution in [1.29, 1.82) is 0 Å². The molecule has 0 saturated heterocycles. The van der Waals surface area contributed by atoms with Crippen molar-refractivity contribution in [1.82, 2.24) is 0 Å². The molecule has 0 heterocycles. The Kier molecular flexibility index (Phi) is 3.74. The van der Waals surface area contributed by atoms with Crippen LogP contribution in [0.1, 0.15) is 0 Å². The van der Waals surface area contributed by atoms with Crippen molar-refractivity contribution in [3.8, 4) is 5.75 Å². The van der Waals surface area contributed by atoms with Crippen molar-refractivity contribution in [3.63, 3.8) is 0 Å². The number of hydrogen-bond donors (Lipinski definition) is 1. The molecule has 1 nitrogen and oxygen atoms in total. The molecule has 0 saturated carbocycles. The molecule has 0 aromatic heterocycles. The van der Waals surface area contributed by atoms with Gasteiger partial charge in [0.2, 0.25) is 0 Å². The van der Waals surface area contributed by atoms with Crippen molar-refractivity contribution >= 4 is 62.2 Å². The van der Waals surface area contributed by atoms with Gasteiger partial charge in [0.25, 0.3) is 0 Å². The maximum absolute atomic E-state index is 9.13. The van der Waals surface area contributed by atoms with E-state index in [2.05, 4.69) is 0 Å². The summed E-state index contributed by atoms with van der Waals surface area (Å²) in [7, 11) is 0. The predicted octanol–water partition coefficient (Wildman–Crippen LogP) is 1.90. The van der Waals surface area contributed by atoms with Crippen molar-refractivity contribution in [2.45, 2.75) is 0 Å². The SMILES string of the molecule is Oc1ccc2ccccc2c1.[KH]. The molecule has 0 fully saturated rings. The molecular formula is C10H9KO. The van der Waals surface area contributed by atoms with Crippen molar-refractivity contribution in [2.24, 2.45) is 0 Å². The Hall–Kier alpha value is 0.136. The Morgan fingerprint density at radius 1 is 0.833 bits per heavy atom. The number of hydrogen-bond acceptors (Lipinski definition) is 1. The third-order valence-electron chi connectivity index (χ3n) is 1.73. The molecule has 2 heteroatoms. The van der Waals surface area contributed by atoms with E-state index < -0.39 is 0 Å². The second kappa shape index (κ2) is 4.39. The van der Waals surface area contributed by atoms with Gasteiger partial charge in [-0.3, -0.25) is 0 Å². The van der Waals surface area contributed by atoms with Gasteiger partial charge in [0.1, 0.15) is 5.75 Å². The number of phenols is 1. The van der Waals surface area contributed by atoms with Crippen LogP contribution in [-0.2, 0) is 0 Å². The molecule has 0 aliphatic heterocycles. The van der Waals surface area contributed by atoms with E-state index in [1.165, 1.54) is 0 Å². The molecule has 2 rings (SSSR count). The molecule has 0 amide bonds. The van der Waals surface area contributed by atoms with Crippen LogP contribution >= 0.6 is 0 Å². The average molecular weight is 184 g/mol. The van der Waals surface area contributed by atoms with Gasteiger partial charge in [0, 0.05) is 0 Å². The summed E-state index contributed by atoms with van der Waals surface area (Å²) in [6.07, 6.45) is 0. The molecule has 0 unspecified atom stereocenters. The molecule has 2 aromatic rings. The first-order chi connectivity index (χ1) is 5.36. The summed E-state index contributed by atoms with van der Waals surface area (Å²) in [5.74, 6) is 0.323. The quantitative estimate of drug-likeness (QED) is 0.620. The van der Waals surface area contributed by atoms with Crippen LogP contribution in [0.15, 0.2) is 42.5 Å². The van der Waals surface area contributed by atoms with Gasteiger partial charge in [-0.05, 0) is 22.9 Å². The fraction of sp³-hybridized carbons (Fsp3) is 0. The first kappa shape index (κ1) is 10.2. The normalized spacial score (nSPS) is 9.33. The summed E-state index contributed by atoms with van der Waals surface area (Å²) in [6, 6.07) is 13.3. The molecule has 0 radical (unpaired) electrons. The minimum atomic E-state index is 0. The van der Waals surface area contributed by atoms with Gasteiger partial charge in [0.15, 0.2) is 0 Å². The Bertz CT molecular complexity index is 384. The van der Waals surface area contributed by atoms with E-state index in [0.717, 1.165) is 10.8 Å². The topological polar surface area (TPSA) is 20.2 Å². The van der Waals surface area contributed by atoms with Crippen LogP contribution in [0.25, 0.3) is 10.8 Å². The van der Waals surface area contributed by atoms with Crippen molar-refractivity contribution in [3.05, 3.63) is 42.5 Å². The van der Waals surface area contributed by atoms with Crippen LogP contribution in [0.4, 0.5) is 0 Å². The van der Waals surface area contributed by atoms with Gasteiger partial charge < -0.3 is 5.11 Å². The van der Waals surface area contributed by atoms with Crippen molar-refractivity contribution < 1.29 is 5.11 Å². The van der Waals surface area contributed by atoms with E-state index in [1.54, 1.807) is 12.1 Å². The van der Waals surface area contributed by atoms with Crippen LogP contribution in [0.5, 0.6) is 5.75 Å². The standard InChI is InChI=1S/C10H8O.K.H/c11-10-6-5-8-3-1-2-4-9(8)7-10;;/h1-7,11H;;. The van der Waals surface area contributed by atoms with Crippen LogP contribution in [0.3, 0.4) is 0 Å². The van der Waals surface area contributed by atoms with Crippen LogP contribution in [0.2, 0.25) is 0 Å². The Labute approximate surface area is 114 Å². The zero-order chi connectivity index (χ0) is 7.68. The molecule has 0 bridgehead atoms. The first-order valence-corrected chi connectivity index (χ1v) is 3.54. The van der Waals surface area contributed by atoms with Crippen LogP contribution < -0.4 is 0 Å². The van der Waals surface area contributed by atoms with Crippen LogP contribution in [-0.4, -0.2) is 56.5 Å². The molecule has 12 heavy (non-hydrogen) atoms. The van der Waals surface area contributed by atoms with E-state index in [9.17, 15) is 0 Å². The number of rotatable bonds is 0. The van der Waals surface area contributed by atoms with Gasteiger partial charge in [0.05, 0.1) is 0 Å². The molecular weight excluding hydrogens is 175 g/mol. The molecule has 0 spiro atoms. The van der Waals surface area contributed by atoms with E-state index in [1.807, 2.05) is 30.3 Å². The number of benzene rings is 2. The second-order valence-corrected chi connectivity index (χ2v) is 2.53. The summed E-state index contributed by atoms with van der Waals surface area (Å²) in [5.41, 5.74) is 0. The summed E-state index contributed by atoms with van der Waals surface area (Å²) in [4.78, 5) is 0. The first-order valence-electron chi connectivity index (χ1n) is 3.54. The Morgan fingerprint density at radius 3 is 2.25 bits per heavy atom. The van der Waals surface area contributed by atoms with E-state index in [0.29, 0.717) is 5.75 Å². The van der Waals surface area contributed by atoms with Gasteiger partial charge in [-0.1, -0.05) is 30.3 Å². The minimum absolute atomic E-state index is 0. The predicted molar refractivity (Wildman–Crippen MR) is 52.8 cm³/mol. The summed E-state index contributed by atoms with van der Waals surface area (Å²) >= 11 is 0. The van der Waals surface area contributed by atoms with Crippen LogP contribution in [0, 0.1) is 0 Å². The van der Waals surface area contributed by atoms with E-state index in [4.69, 9.17) is 5.11 Å². The fourth-order valence-electron chi connectivity index (χ4n) is 1.18. The third kappa shape index (κ3) is 2.09.